The van der Waals surface area contributed by atoms with Gasteiger partial charge in [0.05, 0.1) is 12.8 Å². The highest BCUT2D eigenvalue weighted by atomic mass is 16.5. The second-order valence-electron chi connectivity index (χ2n) is 9.93. The number of fused-ring (bicyclic) bond motifs is 5. The third-order valence-electron chi connectivity index (χ3n) is 7.66. The summed E-state index contributed by atoms with van der Waals surface area (Å²) >= 11 is 0. The summed E-state index contributed by atoms with van der Waals surface area (Å²) in [4.78, 5) is 46.5. The van der Waals surface area contributed by atoms with Crippen molar-refractivity contribution in [2.45, 2.75) is 57.7 Å². The molecule has 0 bridgehead atoms. The molecule has 0 saturated carbocycles. The largest absolute Gasteiger partial charge is 0.497 e. The quantitative estimate of drug-likeness (QED) is 0.496. The van der Waals surface area contributed by atoms with Gasteiger partial charge in [-0.05, 0) is 69.4 Å². The number of aromatic nitrogens is 1. The lowest BCUT2D eigenvalue weighted by Crippen LogP contribution is -2.51. The Labute approximate surface area is 210 Å². The van der Waals surface area contributed by atoms with Crippen molar-refractivity contribution < 1.29 is 19.1 Å². The third kappa shape index (κ3) is 3.72. The lowest BCUT2D eigenvalue weighted by molar-refractivity contribution is -0.139. The van der Waals surface area contributed by atoms with Gasteiger partial charge >= 0.3 is 6.03 Å². The standard InChI is InChI=1S/C28H32N4O4/c1-17(10-11-19-8-6-5-7-9-19)29-25(33)18(2)32-26(34)28(3)24-21(14-15-31(28)27(32)35)22-16-20(36-4)12-13-23(22)30-24/h5-9,12-13,16-18,30H,10-11,14-15H2,1-4H3,(H,29,33)/t17-,18+,28+/m1/s1. The Balaban J connectivity index is 1.35. The second-order valence-corrected chi connectivity index (χ2v) is 9.93. The Bertz CT molecular complexity index is 1330. The van der Waals surface area contributed by atoms with Gasteiger partial charge in [0.25, 0.3) is 5.91 Å². The molecule has 8 nitrogen and oxygen atoms in total. The van der Waals surface area contributed by atoms with Crippen molar-refractivity contribution >= 4 is 28.7 Å². The number of rotatable bonds is 7. The Morgan fingerprint density at radius 1 is 1.17 bits per heavy atom. The minimum absolute atomic E-state index is 0.0959. The number of urea groups is 1. The van der Waals surface area contributed by atoms with Crippen molar-refractivity contribution in [3.05, 3.63) is 65.4 Å². The van der Waals surface area contributed by atoms with Crippen LogP contribution in [0.3, 0.4) is 0 Å². The van der Waals surface area contributed by atoms with Crippen LogP contribution in [0.25, 0.3) is 10.9 Å². The predicted molar refractivity (Wildman–Crippen MR) is 137 cm³/mol. The Morgan fingerprint density at radius 3 is 2.64 bits per heavy atom. The number of hydrogen-bond acceptors (Lipinski definition) is 4. The van der Waals surface area contributed by atoms with E-state index >= 15 is 0 Å². The van der Waals surface area contributed by atoms with Crippen LogP contribution in [-0.4, -0.2) is 58.4 Å². The average molecular weight is 489 g/mol. The Kier molecular flexibility index (Phi) is 5.98. The molecule has 3 aromatic rings. The fourth-order valence-electron chi connectivity index (χ4n) is 5.49. The molecule has 2 aliphatic rings. The topological polar surface area (TPSA) is 94.7 Å². The zero-order valence-corrected chi connectivity index (χ0v) is 21.1. The minimum Gasteiger partial charge on any atom is -0.497 e. The maximum Gasteiger partial charge on any atom is 0.328 e. The van der Waals surface area contributed by atoms with Gasteiger partial charge < -0.3 is 19.9 Å². The number of imide groups is 1. The van der Waals surface area contributed by atoms with Crippen LogP contribution in [0.4, 0.5) is 4.79 Å². The highest BCUT2D eigenvalue weighted by molar-refractivity contribution is 6.11. The van der Waals surface area contributed by atoms with Gasteiger partial charge in [0.15, 0.2) is 5.54 Å². The summed E-state index contributed by atoms with van der Waals surface area (Å²) in [5.41, 5.74) is 2.62. The Morgan fingerprint density at radius 2 is 1.92 bits per heavy atom. The smallest absolute Gasteiger partial charge is 0.328 e. The van der Waals surface area contributed by atoms with Gasteiger partial charge in [-0.25, -0.2) is 9.69 Å². The van der Waals surface area contributed by atoms with Gasteiger partial charge in [-0.2, -0.15) is 0 Å². The normalized spacial score (nSPS) is 20.8. The van der Waals surface area contributed by atoms with E-state index in [0.29, 0.717) is 18.7 Å². The molecule has 3 atom stereocenters. The van der Waals surface area contributed by atoms with Gasteiger partial charge in [0, 0.05) is 23.5 Å². The molecule has 36 heavy (non-hydrogen) atoms. The summed E-state index contributed by atoms with van der Waals surface area (Å²) in [6.07, 6.45) is 2.20. The zero-order valence-electron chi connectivity index (χ0n) is 21.1. The van der Waals surface area contributed by atoms with Crippen LogP contribution in [0, 0.1) is 0 Å². The van der Waals surface area contributed by atoms with Crippen molar-refractivity contribution in [2.24, 2.45) is 0 Å². The third-order valence-corrected chi connectivity index (χ3v) is 7.66. The number of H-pyrrole nitrogens is 1. The first-order valence-electron chi connectivity index (χ1n) is 12.4. The van der Waals surface area contributed by atoms with E-state index in [-0.39, 0.29) is 17.9 Å². The summed E-state index contributed by atoms with van der Waals surface area (Å²) in [6.45, 7) is 5.73. The van der Waals surface area contributed by atoms with E-state index in [1.165, 1.54) is 5.56 Å². The van der Waals surface area contributed by atoms with Gasteiger partial charge in [-0.15, -0.1) is 0 Å². The molecular formula is C28H32N4O4. The number of hydrogen-bond donors (Lipinski definition) is 2. The summed E-state index contributed by atoms with van der Waals surface area (Å²) in [5.74, 6) is 0.0212. The van der Waals surface area contributed by atoms with E-state index in [0.717, 1.165) is 40.0 Å². The van der Waals surface area contributed by atoms with Crippen molar-refractivity contribution in [1.82, 2.24) is 20.1 Å². The van der Waals surface area contributed by atoms with Crippen molar-refractivity contribution in [1.29, 1.82) is 0 Å². The maximum absolute atomic E-state index is 13.8. The van der Waals surface area contributed by atoms with Crippen LogP contribution < -0.4 is 10.1 Å². The number of methoxy groups -OCH3 is 1. The molecule has 2 aliphatic heterocycles. The molecule has 8 heteroatoms. The number of aromatic amines is 1. The van der Waals surface area contributed by atoms with Crippen molar-refractivity contribution in [3.8, 4) is 5.75 Å². The van der Waals surface area contributed by atoms with Crippen LogP contribution in [-0.2, 0) is 28.0 Å². The van der Waals surface area contributed by atoms with Crippen LogP contribution in [0.1, 0.15) is 44.0 Å². The number of ether oxygens (including phenoxy) is 1. The molecule has 2 aromatic carbocycles. The molecule has 0 radical (unpaired) electrons. The molecule has 3 heterocycles. The summed E-state index contributed by atoms with van der Waals surface area (Å²) in [5, 5.41) is 3.98. The van der Waals surface area contributed by atoms with E-state index in [9.17, 15) is 14.4 Å². The Hall–Kier alpha value is -3.81. The van der Waals surface area contributed by atoms with Crippen LogP contribution in [0.5, 0.6) is 5.75 Å². The molecular weight excluding hydrogens is 456 g/mol. The first-order chi connectivity index (χ1) is 17.3. The molecule has 1 fully saturated rings. The SMILES string of the molecule is COc1ccc2[nH]c3c(c2c1)CCN1C(=O)N([C@@H](C)C(=O)N[C@H](C)CCc2ccccc2)C(=O)[C@]31C. The number of nitrogens with zero attached hydrogens (tertiary/aromatic N) is 2. The molecule has 5 rings (SSSR count). The van der Waals surface area contributed by atoms with E-state index in [1.54, 1.807) is 25.9 Å². The van der Waals surface area contributed by atoms with E-state index < -0.39 is 17.6 Å². The first-order valence-corrected chi connectivity index (χ1v) is 12.4. The summed E-state index contributed by atoms with van der Waals surface area (Å²) in [7, 11) is 1.62. The highest BCUT2D eigenvalue weighted by Crippen LogP contribution is 2.45. The highest BCUT2D eigenvalue weighted by Gasteiger charge is 2.60. The van der Waals surface area contributed by atoms with Gasteiger partial charge in [-0.3, -0.25) is 9.59 Å². The van der Waals surface area contributed by atoms with Crippen LogP contribution >= 0.6 is 0 Å². The zero-order chi connectivity index (χ0) is 25.6. The summed E-state index contributed by atoms with van der Waals surface area (Å²) in [6, 6.07) is 14.4. The number of benzene rings is 2. The molecule has 1 saturated heterocycles. The van der Waals surface area contributed by atoms with Crippen LogP contribution in [0.15, 0.2) is 48.5 Å². The van der Waals surface area contributed by atoms with E-state index in [1.807, 2.05) is 43.3 Å². The fraction of sp³-hybridized carbons (Fsp3) is 0.393. The molecule has 188 valence electrons. The van der Waals surface area contributed by atoms with Crippen LogP contribution in [0.2, 0.25) is 0 Å². The number of amides is 4. The number of carbonyl (C=O) groups excluding carboxylic acids is 3. The average Bonchev–Trinajstić information content (AvgIpc) is 3.35. The number of carbonyl (C=O) groups is 3. The minimum atomic E-state index is -1.19. The van der Waals surface area contributed by atoms with Gasteiger partial charge in [0.1, 0.15) is 11.8 Å². The van der Waals surface area contributed by atoms with Gasteiger partial charge in [-0.1, -0.05) is 30.3 Å². The molecule has 0 spiro atoms. The molecule has 0 aliphatic carbocycles. The number of nitrogens with one attached hydrogen (secondary N) is 2. The van der Waals surface area contributed by atoms with Crippen molar-refractivity contribution in [2.75, 3.05) is 13.7 Å². The predicted octanol–water partition coefficient (Wildman–Crippen LogP) is 3.74. The molecule has 2 N–H and O–H groups in total. The molecule has 1 aromatic heterocycles. The van der Waals surface area contributed by atoms with Crippen molar-refractivity contribution in [3.63, 3.8) is 0 Å². The number of aryl methyl sites for hydroxylation is 1. The monoisotopic (exact) mass is 488 g/mol. The molecule has 0 unspecified atom stereocenters. The van der Waals surface area contributed by atoms with Gasteiger partial charge in [0.2, 0.25) is 5.91 Å². The summed E-state index contributed by atoms with van der Waals surface area (Å²) < 4.78 is 5.38. The first kappa shape index (κ1) is 23.9. The second kappa shape index (κ2) is 9.00. The molecule has 4 amide bonds. The lowest BCUT2D eigenvalue weighted by Gasteiger charge is -2.36. The van der Waals surface area contributed by atoms with E-state index in [4.69, 9.17) is 4.74 Å². The van der Waals surface area contributed by atoms with E-state index in [2.05, 4.69) is 22.4 Å². The lowest BCUT2D eigenvalue weighted by atomic mass is 9.87. The fourth-order valence-corrected chi connectivity index (χ4v) is 5.49. The maximum atomic E-state index is 13.8.